The summed E-state index contributed by atoms with van der Waals surface area (Å²) in [6.07, 6.45) is 0. The highest BCUT2D eigenvalue weighted by molar-refractivity contribution is 8.03. The van der Waals surface area contributed by atoms with Gasteiger partial charge >= 0.3 is 0 Å². The third-order valence-electron chi connectivity index (χ3n) is 0.471. The van der Waals surface area contributed by atoms with Crippen molar-refractivity contribution in [3.8, 4) is 0 Å². The third-order valence-corrected chi connectivity index (χ3v) is 1.13. The fourth-order valence-corrected chi connectivity index (χ4v) is 0.620. The van der Waals surface area contributed by atoms with Crippen molar-refractivity contribution in [2.24, 2.45) is 10.2 Å². The van der Waals surface area contributed by atoms with Crippen molar-refractivity contribution in [1.29, 1.82) is 0 Å². The molecule has 0 bridgehead atoms. The smallest absolute Gasteiger partial charge is 0.113 e. The van der Waals surface area contributed by atoms with Crippen molar-refractivity contribution < 1.29 is 0 Å². The highest BCUT2D eigenvalue weighted by atomic mass is 32.2. The Hall–Kier alpha value is -0.310. The molecule has 0 saturated carbocycles. The van der Waals surface area contributed by atoms with E-state index in [9.17, 15) is 0 Å². The maximum Gasteiger partial charge on any atom is 0.113 e. The lowest BCUT2D eigenvalue weighted by Gasteiger charge is -1.73. The van der Waals surface area contributed by atoms with Crippen LogP contribution in [0.1, 0.15) is 13.8 Å². The largest absolute Gasteiger partial charge is 0.177 e. The molecule has 1 aliphatic rings. The Morgan fingerprint density at radius 1 is 1.62 bits per heavy atom. The molecule has 0 spiro atoms. The van der Waals surface area contributed by atoms with Crippen LogP contribution in [-0.4, -0.2) is 5.88 Å². The minimum absolute atomic E-state index is 0.763. The summed E-state index contributed by atoms with van der Waals surface area (Å²) in [7, 11) is 0. The molecule has 0 saturated heterocycles. The molecule has 3 heteroatoms. The predicted molar refractivity (Wildman–Crippen MR) is 37.8 cm³/mol. The van der Waals surface area contributed by atoms with E-state index in [2.05, 4.69) is 16.8 Å². The Morgan fingerprint density at radius 2 is 2.25 bits per heavy atom. The number of hydrogen-bond donors (Lipinski definition) is 0. The van der Waals surface area contributed by atoms with Gasteiger partial charge in [0.05, 0.1) is 0 Å². The Morgan fingerprint density at radius 3 is 2.38 bits per heavy atom. The van der Waals surface area contributed by atoms with E-state index in [-0.39, 0.29) is 0 Å². The standard InChI is InChI=1S/C3H4N2S.C2H6/c1-3-5-4-2-6-3;1-2/h1-2H2;1-2H3. The van der Waals surface area contributed by atoms with Gasteiger partial charge in [0.25, 0.3) is 0 Å². The van der Waals surface area contributed by atoms with E-state index < -0.39 is 0 Å². The Labute approximate surface area is 54.1 Å². The first kappa shape index (κ1) is 7.69. The Bertz CT molecular complexity index is 98.6. The second-order valence-corrected chi connectivity index (χ2v) is 1.93. The summed E-state index contributed by atoms with van der Waals surface area (Å²) >= 11 is 1.57. The lowest BCUT2D eigenvalue weighted by molar-refractivity contribution is 1.16. The molecule has 46 valence electrons. The molecule has 0 aromatic carbocycles. The average molecular weight is 130 g/mol. The van der Waals surface area contributed by atoms with Crippen LogP contribution in [-0.2, 0) is 0 Å². The molecule has 0 aromatic rings. The van der Waals surface area contributed by atoms with Crippen LogP contribution in [0.4, 0.5) is 0 Å². The van der Waals surface area contributed by atoms with Gasteiger partial charge in [-0.2, -0.15) is 5.11 Å². The van der Waals surface area contributed by atoms with Crippen molar-refractivity contribution in [1.82, 2.24) is 0 Å². The van der Waals surface area contributed by atoms with Crippen LogP contribution in [0.2, 0.25) is 0 Å². The molecule has 1 rings (SSSR count). The number of nitrogens with zero attached hydrogens (tertiary/aromatic N) is 2. The van der Waals surface area contributed by atoms with Crippen molar-refractivity contribution in [2.75, 3.05) is 5.88 Å². The van der Waals surface area contributed by atoms with Crippen LogP contribution in [0.25, 0.3) is 0 Å². The lowest BCUT2D eigenvalue weighted by atomic mass is 11.0. The van der Waals surface area contributed by atoms with Gasteiger partial charge in [0.2, 0.25) is 0 Å². The average Bonchev–Trinajstić information content (AvgIpc) is 2.24. The molecule has 1 heterocycles. The monoisotopic (exact) mass is 130 g/mol. The Balaban J connectivity index is 0.000000222. The summed E-state index contributed by atoms with van der Waals surface area (Å²) in [5, 5.41) is 8.11. The van der Waals surface area contributed by atoms with Crippen molar-refractivity contribution in [3.05, 3.63) is 11.6 Å². The normalized spacial score (nSPS) is 15.5. The van der Waals surface area contributed by atoms with Crippen molar-refractivity contribution in [3.63, 3.8) is 0 Å². The quantitative estimate of drug-likeness (QED) is 0.494. The lowest BCUT2D eigenvalue weighted by Crippen LogP contribution is -1.52. The number of thioether (sulfide) groups is 1. The van der Waals surface area contributed by atoms with Gasteiger partial charge in [-0.3, -0.25) is 0 Å². The van der Waals surface area contributed by atoms with E-state index in [1.807, 2.05) is 13.8 Å². The fraction of sp³-hybridized carbons (Fsp3) is 0.600. The summed E-state index contributed by atoms with van der Waals surface area (Å²) in [4.78, 5) is 0. The van der Waals surface area contributed by atoms with Gasteiger partial charge < -0.3 is 0 Å². The van der Waals surface area contributed by atoms with E-state index in [1.54, 1.807) is 11.8 Å². The van der Waals surface area contributed by atoms with Gasteiger partial charge in [-0.25, -0.2) is 0 Å². The van der Waals surface area contributed by atoms with Crippen LogP contribution < -0.4 is 0 Å². The van der Waals surface area contributed by atoms with Gasteiger partial charge in [0.15, 0.2) is 0 Å². The van der Waals surface area contributed by atoms with Crippen LogP contribution >= 0.6 is 11.8 Å². The van der Waals surface area contributed by atoms with Gasteiger partial charge in [-0.1, -0.05) is 32.2 Å². The van der Waals surface area contributed by atoms with E-state index in [0.717, 1.165) is 10.9 Å². The molecule has 0 radical (unpaired) electrons. The molecule has 0 unspecified atom stereocenters. The van der Waals surface area contributed by atoms with Crippen LogP contribution in [0.5, 0.6) is 0 Å². The zero-order valence-corrected chi connectivity index (χ0v) is 6.03. The SMILES string of the molecule is C=C1N=NCS1.CC. The van der Waals surface area contributed by atoms with E-state index in [4.69, 9.17) is 0 Å². The van der Waals surface area contributed by atoms with E-state index in [1.165, 1.54) is 0 Å². The van der Waals surface area contributed by atoms with Gasteiger partial charge in [-0.15, -0.1) is 5.11 Å². The van der Waals surface area contributed by atoms with Crippen molar-refractivity contribution >= 4 is 11.8 Å². The predicted octanol–water partition coefficient (Wildman–Crippen LogP) is 2.64. The van der Waals surface area contributed by atoms with E-state index >= 15 is 0 Å². The van der Waals surface area contributed by atoms with Gasteiger partial charge in [-0.05, 0) is 0 Å². The third kappa shape index (κ3) is 2.80. The minimum atomic E-state index is 0.763. The summed E-state index contributed by atoms with van der Waals surface area (Å²) in [6, 6.07) is 0. The molecule has 8 heavy (non-hydrogen) atoms. The second-order valence-electron chi connectivity index (χ2n) is 0.909. The Kier molecular flexibility index (Phi) is 4.65. The zero-order chi connectivity index (χ0) is 6.41. The van der Waals surface area contributed by atoms with Crippen LogP contribution in [0, 0.1) is 0 Å². The molecular weight excluding hydrogens is 120 g/mol. The van der Waals surface area contributed by atoms with Gasteiger partial charge in [0, 0.05) is 0 Å². The maximum atomic E-state index is 3.65. The molecule has 1 aliphatic heterocycles. The first-order valence-corrected chi connectivity index (χ1v) is 3.57. The summed E-state index contributed by atoms with van der Waals surface area (Å²) in [6.45, 7) is 7.56. The summed E-state index contributed by atoms with van der Waals surface area (Å²) in [5.74, 6) is 0.763. The molecule has 2 nitrogen and oxygen atoms in total. The highest BCUT2D eigenvalue weighted by Gasteiger charge is 1.95. The first-order valence-electron chi connectivity index (χ1n) is 2.59. The molecule has 0 amide bonds. The first-order chi connectivity index (χ1) is 3.89. The molecule has 0 aliphatic carbocycles. The summed E-state index contributed by atoms with van der Waals surface area (Å²) < 4.78 is 0. The second kappa shape index (κ2) is 4.84. The van der Waals surface area contributed by atoms with Gasteiger partial charge in [0.1, 0.15) is 10.9 Å². The van der Waals surface area contributed by atoms with E-state index in [0.29, 0.717) is 0 Å². The number of azo groups is 1. The highest BCUT2D eigenvalue weighted by Crippen LogP contribution is 2.20. The maximum absolute atomic E-state index is 3.65. The van der Waals surface area contributed by atoms with Crippen molar-refractivity contribution in [2.45, 2.75) is 13.8 Å². The minimum Gasteiger partial charge on any atom is -0.177 e. The molecule has 0 atom stereocenters. The molecule has 0 fully saturated rings. The zero-order valence-electron chi connectivity index (χ0n) is 5.22. The number of rotatable bonds is 0. The topological polar surface area (TPSA) is 24.7 Å². The fourth-order valence-electron chi connectivity index (χ4n) is 0.240. The molecule has 0 aromatic heterocycles. The number of hydrogen-bond acceptors (Lipinski definition) is 3. The van der Waals surface area contributed by atoms with Crippen LogP contribution in [0.15, 0.2) is 21.8 Å². The summed E-state index contributed by atoms with van der Waals surface area (Å²) in [5.41, 5.74) is 0. The molecular formula is C5H10N2S. The van der Waals surface area contributed by atoms with Crippen LogP contribution in [0.3, 0.4) is 0 Å². The molecule has 0 N–H and O–H groups in total.